The highest BCUT2D eigenvalue weighted by Gasteiger charge is 2.24. The Hall–Kier alpha value is -6.03. The van der Waals surface area contributed by atoms with Crippen LogP contribution in [0.2, 0.25) is 0 Å². The average molecular weight is 641 g/mol. The van der Waals surface area contributed by atoms with Crippen LogP contribution in [0.5, 0.6) is 0 Å². The molecule has 0 saturated carbocycles. The number of fused-ring (bicyclic) bond motifs is 4. The Bertz CT molecular complexity index is 2730. The first-order valence-electron chi connectivity index (χ1n) is 16.6. The van der Waals surface area contributed by atoms with E-state index in [4.69, 9.17) is 9.97 Å². The maximum absolute atomic E-state index is 5.30. The molecule has 0 saturated heterocycles. The molecule has 2 nitrogen and oxygen atoms in total. The number of nitrogens with zero attached hydrogens (tertiary/aromatic N) is 2. The van der Waals surface area contributed by atoms with Crippen molar-refractivity contribution in [1.29, 1.82) is 0 Å². The summed E-state index contributed by atoms with van der Waals surface area (Å²) in [4.78, 5) is 13.0. The molecule has 0 unspecified atom stereocenters. The first-order valence-corrected chi connectivity index (χ1v) is 17.4. The van der Waals surface area contributed by atoms with E-state index < -0.39 is 0 Å². The van der Waals surface area contributed by atoms with Crippen LogP contribution >= 0.6 is 11.8 Å². The molecule has 0 bridgehead atoms. The van der Waals surface area contributed by atoms with Crippen LogP contribution in [0, 0.1) is 0 Å². The fourth-order valence-corrected chi connectivity index (χ4v) is 8.56. The van der Waals surface area contributed by atoms with Crippen molar-refractivity contribution in [2.24, 2.45) is 0 Å². The van der Waals surface area contributed by atoms with Crippen molar-refractivity contribution in [3.8, 4) is 56.0 Å². The normalized spacial score (nSPS) is 12.0. The summed E-state index contributed by atoms with van der Waals surface area (Å²) >= 11 is 1.87. The number of hydrogen-bond acceptors (Lipinski definition) is 3. The number of benzene rings is 8. The first kappa shape index (κ1) is 28.0. The van der Waals surface area contributed by atoms with E-state index >= 15 is 0 Å². The van der Waals surface area contributed by atoms with Crippen molar-refractivity contribution < 1.29 is 0 Å². The van der Waals surface area contributed by atoms with Crippen molar-refractivity contribution in [2.45, 2.75) is 9.79 Å². The lowest BCUT2D eigenvalue weighted by Crippen LogP contribution is -1.99. The third-order valence-corrected chi connectivity index (χ3v) is 10.9. The molecule has 3 heteroatoms. The third-order valence-electron chi connectivity index (χ3n) is 9.69. The van der Waals surface area contributed by atoms with Gasteiger partial charge in [0, 0.05) is 31.7 Å². The average Bonchev–Trinajstić information content (AvgIpc) is 3.18. The zero-order valence-electron chi connectivity index (χ0n) is 26.5. The SMILES string of the molecule is c1ccc(-c2ccc(-c3nc(-c4ccc5c6c(cccc46)-c4cccc(-c6ccc7ccccc7c6)c4S5)nc4ccccc34)cc2)cc1. The van der Waals surface area contributed by atoms with E-state index in [1.165, 1.54) is 64.7 Å². The highest BCUT2D eigenvalue weighted by Crippen LogP contribution is 2.52. The fourth-order valence-electron chi connectivity index (χ4n) is 7.30. The van der Waals surface area contributed by atoms with Crippen LogP contribution in [-0.4, -0.2) is 9.97 Å². The number of hydrogen-bond donors (Lipinski definition) is 0. The van der Waals surface area contributed by atoms with Gasteiger partial charge in [0.05, 0.1) is 11.2 Å². The number of rotatable bonds is 4. The summed E-state index contributed by atoms with van der Waals surface area (Å²) in [6, 6.07) is 60.8. The van der Waals surface area contributed by atoms with E-state index in [0.29, 0.717) is 0 Å². The zero-order chi connectivity index (χ0) is 32.3. The largest absolute Gasteiger partial charge is 0.228 e. The van der Waals surface area contributed by atoms with Crippen LogP contribution in [0.25, 0.3) is 88.5 Å². The predicted molar refractivity (Wildman–Crippen MR) is 206 cm³/mol. The first-order chi connectivity index (χ1) is 24.3. The zero-order valence-corrected chi connectivity index (χ0v) is 27.3. The lowest BCUT2D eigenvalue weighted by Gasteiger charge is -2.24. The molecule has 0 spiro atoms. The van der Waals surface area contributed by atoms with Gasteiger partial charge in [-0.25, -0.2) is 9.97 Å². The van der Waals surface area contributed by atoms with Gasteiger partial charge >= 0.3 is 0 Å². The van der Waals surface area contributed by atoms with Gasteiger partial charge in [0.1, 0.15) is 0 Å². The molecule has 0 fully saturated rings. The Labute approximate surface area is 288 Å². The van der Waals surface area contributed by atoms with Crippen LogP contribution in [0.4, 0.5) is 0 Å². The van der Waals surface area contributed by atoms with E-state index in [2.05, 4.69) is 170 Å². The standard InChI is InChI=1S/C46H28N2S/c1-2-10-29(11-3-1)31-20-23-32(24-21-31)44-40-14-6-7-19-41(40)47-46(48-44)39-26-27-42-43-36(16-9-17-37(39)43)38-18-8-15-35(45(38)49-42)34-25-22-30-12-4-5-13-33(30)28-34/h1-28H. The van der Waals surface area contributed by atoms with Crippen LogP contribution in [0.1, 0.15) is 0 Å². The highest BCUT2D eigenvalue weighted by atomic mass is 32.2. The quantitative estimate of drug-likeness (QED) is 0.191. The molecule has 0 amide bonds. The minimum atomic E-state index is 0.741. The summed E-state index contributed by atoms with van der Waals surface area (Å²) in [6.45, 7) is 0. The summed E-state index contributed by atoms with van der Waals surface area (Å²) in [7, 11) is 0. The van der Waals surface area contributed by atoms with Crippen molar-refractivity contribution in [1.82, 2.24) is 9.97 Å². The third kappa shape index (κ3) is 4.66. The van der Waals surface area contributed by atoms with Crippen LogP contribution in [-0.2, 0) is 0 Å². The van der Waals surface area contributed by atoms with E-state index in [1.807, 2.05) is 11.8 Å². The van der Waals surface area contributed by atoms with E-state index in [9.17, 15) is 0 Å². The Balaban J connectivity index is 1.12. The topological polar surface area (TPSA) is 25.8 Å². The van der Waals surface area contributed by atoms with Crippen molar-refractivity contribution >= 4 is 44.2 Å². The van der Waals surface area contributed by atoms with Gasteiger partial charge < -0.3 is 0 Å². The summed E-state index contributed by atoms with van der Waals surface area (Å²) in [5.41, 5.74) is 11.4. The summed E-state index contributed by atoms with van der Waals surface area (Å²) in [5.74, 6) is 0.741. The summed E-state index contributed by atoms with van der Waals surface area (Å²) in [6.07, 6.45) is 0. The molecular weight excluding hydrogens is 613 g/mol. The Morgan fingerprint density at radius 3 is 1.96 bits per heavy atom. The van der Waals surface area contributed by atoms with E-state index in [0.717, 1.165) is 33.5 Å². The Kier molecular flexibility index (Phi) is 6.46. The summed E-state index contributed by atoms with van der Waals surface area (Å²) in [5, 5.41) is 6.00. The second-order valence-corrected chi connectivity index (χ2v) is 13.6. The fraction of sp³-hybridized carbons (Fsp3) is 0. The van der Waals surface area contributed by atoms with Gasteiger partial charge in [-0.2, -0.15) is 0 Å². The molecule has 9 aromatic rings. The highest BCUT2D eigenvalue weighted by molar-refractivity contribution is 8.00. The minimum absolute atomic E-state index is 0.741. The molecule has 1 aliphatic heterocycles. The smallest absolute Gasteiger partial charge is 0.161 e. The molecule has 0 aliphatic carbocycles. The lowest BCUT2D eigenvalue weighted by molar-refractivity contribution is 1.23. The molecular formula is C46H28N2S. The van der Waals surface area contributed by atoms with Crippen LogP contribution in [0.15, 0.2) is 180 Å². The molecule has 0 atom stereocenters. The predicted octanol–water partition coefficient (Wildman–Crippen LogP) is 12.7. The van der Waals surface area contributed by atoms with Gasteiger partial charge in [-0.1, -0.05) is 157 Å². The number of para-hydroxylation sites is 1. The molecule has 2 heterocycles. The minimum Gasteiger partial charge on any atom is -0.228 e. The second-order valence-electron chi connectivity index (χ2n) is 12.5. The van der Waals surface area contributed by atoms with Gasteiger partial charge in [-0.15, -0.1) is 0 Å². The van der Waals surface area contributed by atoms with Crippen molar-refractivity contribution in [3.05, 3.63) is 170 Å². The van der Waals surface area contributed by atoms with Gasteiger partial charge in [0.2, 0.25) is 0 Å². The Morgan fingerprint density at radius 2 is 1.06 bits per heavy atom. The van der Waals surface area contributed by atoms with Gasteiger partial charge in [0.15, 0.2) is 5.82 Å². The van der Waals surface area contributed by atoms with E-state index in [-0.39, 0.29) is 0 Å². The molecule has 1 aromatic heterocycles. The molecule has 0 radical (unpaired) electrons. The van der Waals surface area contributed by atoms with Crippen LogP contribution < -0.4 is 0 Å². The maximum Gasteiger partial charge on any atom is 0.161 e. The van der Waals surface area contributed by atoms with Gasteiger partial charge in [-0.3, -0.25) is 0 Å². The molecule has 10 rings (SSSR count). The van der Waals surface area contributed by atoms with Crippen molar-refractivity contribution in [2.75, 3.05) is 0 Å². The molecule has 0 N–H and O–H groups in total. The van der Waals surface area contributed by atoms with Crippen molar-refractivity contribution in [3.63, 3.8) is 0 Å². The lowest BCUT2D eigenvalue weighted by atomic mass is 9.92. The second kappa shape index (κ2) is 11.3. The van der Waals surface area contributed by atoms with E-state index in [1.54, 1.807) is 0 Å². The maximum atomic E-state index is 5.30. The molecule has 228 valence electrons. The number of aromatic nitrogens is 2. The molecule has 49 heavy (non-hydrogen) atoms. The molecule has 1 aliphatic rings. The summed E-state index contributed by atoms with van der Waals surface area (Å²) < 4.78 is 0. The van der Waals surface area contributed by atoms with Gasteiger partial charge in [0.25, 0.3) is 0 Å². The van der Waals surface area contributed by atoms with Gasteiger partial charge in [-0.05, 0) is 73.8 Å². The monoisotopic (exact) mass is 640 g/mol. The Morgan fingerprint density at radius 1 is 0.388 bits per heavy atom. The van der Waals surface area contributed by atoms with Crippen LogP contribution in [0.3, 0.4) is 0 Å². The molecule has 8 aromatic carbocycles.